The third-order valence-electron chi connectivity index (χ3n) is 2.94. The number of rotatable bonds is 4. The van der Waals surface area contributed by atoms with Crippen molar-refractivity contribution in [1.29, 1.82) is 5.26 Å². The summed E-state index contributed by atoms with van der Waals surface area (Å²) in [5.41, 5.74) is -1.14. The Bertz CT molecular complexity index is 359. The molecule has 1 rings (SSSR count). The second-order valence-corrected chi connectivity index (χ2v) is 4.66. The minimum absolute atomic E-state index is 0.0581. The lowest BCUT2D eigenvalue weighted by molar-refractivity contribution is -0.143. The van der Waals surface area contributed by atoms with Crippen LogP contribution in [0.15, 0.2) is 0 Å². The average Bonchev–Trinajstić information content (AvgIpc) is 2.73. The van der Waals surface area contributed by atoms with Gasteiger partial charge in [-0.05, 0) is 26.7 Å². The molecule has 0 aromatic heterocycles. The fraction of sp³-hybridized carbons (Fsp3) is 0.727. The molecule has 6 heteroatoms. The minimum atomic E-state index is -1.14. The molecule has 1 fully saturated rings. The van der Waals surface area contributed by atoms with Crippen molar-refractivity contribution in [3.8, 4) is 6.07 Å². The maximum Gasteiger partial charge on any atom is 0.323 e. The Hall–Kier alpha value is -1.61. The van der Waals surface area contributed by atoms with Gasteiger partial charge in [0.1, 0.15) is 11.6 Å². The molecule has 1 aliphatic heterocycles. The van der Waals surface area contributed by atoms with E-state index in [-0.39, 0.29) is 18.5 Å². The molecule has 0 saturated carbocycles. The Balaban J connectivity index is 2.51. The van der Waals surface area contributed by atoms with E-state index in [1.165, 1.54) is 18.7 Å². The van der Waals surface area contributed by atoms with E-state index in [0.29, 0.717) is 13.0 Å². The summed E-state index contributed by atoms with van der Waals surface area (Å²) in [6, 6.07) is 1.71. The van der Waals surface area contributed by atoms with Gasteiger partial charge in [0.2, 0.25) is 5.91 Å². The molecule has 0 aromatic carbocycles. The van der Waals surface area contributed by atoms with Crippen LogP contribution in [0.2, 0.25) is 0 Å². The van der Waals surface area contributed by atoms with Gasteiger partial charge in [-0.1, -0.05) is 0 Å². The van der Waals surface area contributed by atoms with Gasteiger partial charge >= 0.3 is 5.97 Å². The fourth-order valence-corrected chi connectivity index (χ4v) is 1.67. The van der Waals surface area contributed by atoms with Crippen LogP contribution in [-0.2, 0) is 9.59 Å². The van der Waals surface area contributed by atoms with Crippen molar-refractivity contribution in [2.24, 2.45) is 0 Å². The van der Waals surface area contributed by atoms with E-state index in [4.69, 9.17) is 10.4 Å². The van der Waals surface area contributed by atoms with E-state index < -0.39 is 11.5 Å². The van der Waals surface area contributed by atoms with Crippen molar-refractivity contribution in [3.05, 3.63) is 0 Å². The summed E-state index contributed by atoms with van der Waals surface area (Å²) in [4.78, 5) is 24.1. The quantitative estimate of drug-likeness (QED) is 0.717. The van der Waals surface area contributed by atoms with Gasteiger partial charge in [-0.3, -0.25) is 14.9 Å². The second-order valence-electron chi connectivity index (χ2n) is 4.66. The Kier molecular flexibility index (Phi) is 4.07. The zero-order chi connectivity index (χ0) is 13.1. The normalized spacial score (nSPS) is 20.1. The first-order valence-electron chi connectivity index (χ1n) is 5.56. The number of carbonyl (C=O) groups excluding carboxylic acids is 1. The van der Waals surface area contributed by atoms with Crippen LogP contribution in [0, 0.1) is 11.3 Å². The second kappa shape index (κ2) is 5.15. The van der Waals surface area contributed by atoms with E-state index in [1.54, 1.807) is 0 Å². The molecule has 0 radical (unpaired) electrons. The van der Waals surface area contributed by atoms with Crippen LogP contribution in [0.3, 0.4) is 0 Å². The molecule has 0 aliphatic carbocycles. The van der Waals surface area contributed by atoms with Crippen LogP contribution in [0.25, 0.3) is 0 Å². The number of amides is 1. The molecule has 6 nitrogen and oxygen atoms in total. The smallest absolute Gasteiger partial charge is 0.323 e. The molecular formula is C11H17N3O3. The number of carboxylic acid groups (broad SMARTS) is 1. The summed E-state index contributed by atoms with van der Waals surface area (Å²) in [7, 11) is 0. The molecule has 94 valence electrons. The lowest BCUT2D eigenvalue weighted by atomic mass is 10.1. The Morgan fingerprint density at radius 3 is 2.76 bits per heavy atom. The number of carbonyl (C=O) groups is 2. The van der Waals surface area contributed by atoms with Crippen molar-refractivity contribution in [3.63, 3.8) is 0 Å². The van der Waals surface area contributed by atoms with E-state index in [1.807, 2.05) is 0 Å². The molecule has 0 unspecified atom stereocenters. The summed E-state index contributed by atoms with van der Waals surface area (Å²) in [5.74, 6) is -1.23. The Morgan fingerprint density at radius 2 is 2.24 bits per heavy atom. The monoisotopic (exact) mass is 239 g/mol. The van der Waals surface area contributed by atoms with Gasteiger partial charge < -0.3 is 10.0 Å². The highest BCUT2D eigenvalue weighted by atomic mass is 16.4. The standard InChI is InChI=1S/C11H17N3O3/c1-11(2,10(16)17)13-7-9(15)14-5-3-4-8(14)6-12/h8,13H,3-5,7H2,1-2H3,(H,16,17)/t8-/m0/s1. The molecule has 0 aromatic rings. The molecule has 1 aliphatic rings. The van der Waals surface area contributed by atoms with Crippen LogP contribution in [0.4, 0.5) is 0 Å². The Morgan fingerprint density at radius 1 is 1.59 bits per heavy atom. The maximum absolute atomic E-state index is 11.8. The summed E-state index contributed by atoms with van der Waals surface area (Å²) in [6.45, 7) is 3.51. The summed E-state index contributed by atoms with van der Waals surface area (Å²) >= 11 is 0. The molecular weight excluding hydrogens is 222 g/mol. The van der Waals surface area contributed by atoms with Gasteiger partial charge in [0.05, 0.1) is 12.6 Å². The Labute approximate surface area is 100 Å². The number of carboxylic acids is 1. The number of hydrogen-bond acceptors (Lipinski definition) is 4. The molecule has 1 heterocycles. The first-order valence-corrected chi connectivity index (χ1v) is 5.56. The number of nitrogens with one attached hydrogen (secondary N) is 1. The third kappa shape index (κ3) is 3.17. The van der Waals surface area contributed by atoms with Crippen LogP contribution >= 0.6 is 0 Å². The van der Waals surface area contributed by atoms with Crippen molar-refractivity contribution >= 4 is 11.9 Å². The highest BCUT2D eigenvalue weighted by Crippen LogP contribution is 2.16. The van der Waals surface area contributed by atoms with Gasteiger partial charge in [-0.2, -0.15) is 5.26 Å². The van der Waals surface area contributed by atoms with Crippen LogP contribution in [0.1, 0.15) is 26.7 Å². The number of likely N-dealkylation sites (tertiary alicyclic amines) is 1. The van der Waals surface area contributed by atoms with E-state index in [9.17, 15) is 9.59 Å². The molecule has 17 heavy (non-hydrogen) atoms. The van der Waals surface area contributed by atoms with Crippen LogP contribution < -0.4 is 5.32 Å². The van der Waals surface area contributed by atoms with Crippen molar-refractivity contribution in [1.82, 2.24) is 10.2 Å². The van der Waals surface area contributed by atoms with Crippen molar-refractivity contribution in [2.45, 2.75) is 38.3 Å². The predicted octanol–water partition coefficient (Wildman–Crippen LogP) is -0.0462. The van der Waals surface area contributed by atoms with Gasteiger partial charge in [-0.15, -0.1) is 0 Å². The molecule has 0 bridgehead atoms. The first-order chi connectivity index (χ1) is 7.88. The highest BCUT2D eigenvalue weighted by Gasteiger charge is 2.31. The van der Waals surface area contributed by atoms with Crippen LogP contribution in [0.5, 0.6) is 0 Å². The number of aliphatic carboxylic acids is 1. The van der Waals surface area contributed by atoms with E-state index >= 15 is 0 Å². The zero-order valence-corrected chi connectivity index (χ0v) is 10.1. The molecule has 1 amide bonds. The number of nitrogens with zero attached hydrogens (tertiary/aromatic N) is 2. The largest absolute Gasteiger partial charge is 0.480 e. The predicted molar refractivity (Wildman–Crippen MR) is 60.1 cm³/mol. The van der Waals surface area contributed by atoms with Crippen molar-refractivity contribution in [2.75, 3.05) is 13.1 Å². The number of nitriles is 1. The molecule has 1 atom stereocenters. The summed E-state index contributed by atoms with van der Waals surface area (Å²) in [5, 5.41) is 20.4. The minimum Gasteiger partial charge on any atom is -0.480 e. The molecule has 1 saturated heterocycles. The molecule has 2 N–H and O–H groups in total. The van der Waals surface area contributed by atoms with Gasteiger partial charge in [0, 0.05) is 6.54 Å². The summed E-state index contributed by atoms with van der Waals surface area (Å²) < 4.78 is 0. The lowest BCUT2D eigenvalue weighted by Gasteiger charge is -2.24. The zero-order valence-electron chi connectivity index (χ0n) is 10.1. The summed E-state index contributed by atoms with van der Waals surface area (Å²) in [6.07, 6.45) is 1.52. The average molecular weight is 239 g/mol. The maximum atomic E-state index is 11.8. The number of hydrogen-bond donors (Lipinski definition) is 2. The van der Waals surface area contributed by atoms with Crippen LogP contribution in [-0.4, -0.2) is 46.6 Å². The van der Waals surface area contributed by atoms with E-state index in [2.05, 4.69) is 11.4 Å². The van der Waals surface area contributed by atoms with Gasteiger partial charge in [-0.25, -0.2) is 0 Å². The highest BCUT2D eigenvalue weighted by molar-refractivity contribution is 5.82. The van der Waals surface area contributed by atoms with Gasteiger partial charge in [0.15, 0.2) is 0 Å². The SMILES string of the molecule is CC(C)(NCC(=O)N1CCC[C@H]1C#N)C(=O)O. The van der Waals surface area contributed by atoms with E-state index in [0.717, 1.165) is 6.42 Å². The topological polar surface area (TPSA) is 93.4 Å². The third-order valence-corrected chi connectivity index (χ3v) is 2.94. The first kappa shape index (κ1) is 13.5. The molecule has 0 spiro atoms. The van der Waals surface area contributed by atoms with Gasteiger partial charge in [0.25, 0.3) is 0 Å². The fourth-order valence-electron chi connectivity index (χ4n) is 1.67. The van der Waals surface area contributed by atoms with Crippen molar-refractivity contribution < 1.29 is 14.7 Å². The lowest BCUT2D eigenvalue weighted by Crippen LogP contribution is -2.51.